The fourth-order valence-electron chi connectivity index (χ4n) is 0.755. The van der Waals surface area contributed by atoms with Crippen molar-refractivity contribution in [2.45, 2.75) is 12.6 Å². The number of carbonyl (C=O) groups excluding carboxylic acids is 1. The van der Waals surface area contributed by atoms with Crippen LogP contribution >= 0.6 is 0 Å². The molecule has 16 heavy (non-hydrogen) atoms. The Balaban J connectivity index is 3.78. The van der Waals surface area contributed by atoms with Crippen LogP contribution in [0.2, 0.25) is 0 Å². The van der Waals surface area contributed by atoms with Crippen LogP contribution in [0.5, 0.6) is 0 Å². The van der Waals surface area contributed by atoms with E-state index in [2.05, 4.69) is 4.74 Å². The summed E-state index contributed by atoms with van der Waals surface area (Å²) in [4.78, 5) is 21.9. The zero-order valence-electron chi connectivity index (χ0n) is 8.58. The van der Waals surface area contributed by atoms with Gasteiger partial charge in [0, 0.05) is 13.6 Å². The Morgan fingerprint density at radius 2 is 1.88 bits per heavy atom. The molecule has 0 aliphatic rings. The molecule has 1 amide bonds. The number of rotatable bonds is 6. The van der Waals surface area contributed by atoms with E-state index in [-0.39, 0.29) is 0 Å². The molecule has 0 saturated carbocycles. The number of aliphatic carboxylic acids is 1. The van der Waals surface area contributed by atoms with Gasteiger partial charge in [0.15, 0.2) is 0 Å². The van der Waals surface area contributed by atoms with Gasteiger partial charge in [-0.15, -0.1) is 0 Å². The summed E-state index contributed by atoms with van der Waals surface area (Å²) in [5.74, 6) is -1.93. The Morgan fingerprint density at radius 1 is 1.31 bits per heavy atom. The molecule has 0 aliphatic carbocycles. The lowest BCUT2D eigenvalue weighted by molar-refractivity contribution is -0.148. The van der Waals surface area contributed by atoms with Gasteiger partial charge in [0.1, 0.15) is 13.2 Å². The predicted molar refractivity (Wildman–Crippen MR) is 46.8 cm³/mol. The number of amides is 1. The summed E-state index contributed by atoms with van der Waals surface area (Å²) >= 11 is 0. The Kier molecular flexibility index (Phi) is 5.79. The van der Waals surface area contributed by atoms with Crippen LogP contribution in [-0.4, -0.2) is 54.9 Å². The van der Waals surface area contributed by atoms with E-state index in [0.29, 0.717) is 0 Å². The number of alkyl halides is 3. The van der Waals surface area contributed by atoms with Crippen molar-refractivity contribution in [3.8, 4) is 0 Å². The molecule has 0 saturated heterocycles. The number of carboxylic acids is 1. The molecule has 0 bridgehead atoms. The van der Waals surface area contributed by atoms with Crippen LogP contribution < -0.4 is 0 Å². The quantitative estimate of drug-likeness (QED) is 0.737. The number of nitrogens with zero attached hydrogens (tertiary/aromatic N) is 1. The SMILES string of the molecule is CN(CCC(F)(F)F)C(=O)COCC(=O)O. The molecule has 0 unspecified atom stereocenters. The molecular formula is C8H12F3NO4. The third-order valence-corrected chi connectivity index (χ3v) is 1.61. The number of carboxylic acid groups (broad SMARTS) is 1. The number of hydrogen-bond donors (Lipinski definition) is 1. The highest BCUT2D eigenvalue weighted by Crippen LogP contribution is 2.19. The fourth-order valence-corrected chi connectivity index (χ4v) is 0.755. The first kappa shape index (κ1) is 14.7. The smallest absolute Gasteiger partial charge is 0.390 e. The Hall–Kier alpha value is -1.31. The molecule has 0 aromatic rings. The van der Waals surface area contributed by atoms with Crippen LogP contribution in [-0.2, 0) is 14.3 Å². The van der Waals surface area contributed by atoms with E-state index in [9.17, 15) is 22.8 Å². The third-order valence-electron chi connectivity index (χ3n) is 1.61. The maximum atomic E-state index is 11.8. The van der Waals surface area contributed by atoms with Crippen LogP contribution in [0.4, 0.5) is 13.2 Å². The molecule has 5 nitrogen and oxygen atoms in total. The van der Waals surface area contributed by atoms with E-state index in [0.717, 1.165) is 4.90 Å². The molecule has 0 radical (unpaired) electrons. The van der Waals surface area contributed by atoms with E-state index in [1.54, 1.807) is 0 Å². The maximum Gasteiger partial charge on any atom is 0.390 e. The second-order valence-electron chi connectivity index (χ2n) is 3.07. The Bertz CT molecular complexity index is 254. The highest BCUT2D eigenvalue weighted by molar-refractivity contribution is 5.77. The van der Waals surface area contributed by atoms with Crippen LogP contribution in [0.25, 0.3) is 0 Å². The average molecular weight is 243 g/mol. The zero-order valence-corrected chi connectivity index (χ0v) is 8.58. The monoisotopic (exact) mass is 243 g/mol. The largest absolute Gasteiger partial charge is 0.480 e. The molecule has 0 aliphatic heterocycles. The van der Waals surface area contributed by atoms with Gasteiger partial charge in [0.25, 0.3) is 0 Å². The number of carbonyl (C=O) groups is 2. The molecule has 94 valence electrons. The van der Waals surface area contributed by atoms with E-state index >= 15 is 0 Å². The summed E-state index contributed by atoms with van der Waals surface area (Å²) in [5.41, 5.74) is 0. The summed E-state index contributed by atoms with van der Waals surface area (Å²) in [5, 5.41) is 8.18. The molecule has 0 fully saturated rings. The number of ether oxygens (including phenoxy) is 1. The van der Waals surface area contributed by atoms with E-state index in [1.807, 2.05) is 0 Å². The fraction of sp³-hybridized carbons (Fsp3) is 0.750. The average Bonchev–Trinajstić information content (AvgIpc) is 2.12. The molecule has 0 heterocycles. The van der Waals surface area contributed by atoms with Crippen molar-refractivity contribution < 1.29 is 32.6 Å². The molecule has 0 atom stereocenters. The lowest BCUT2D eigenvalue weighted by Crippen LogP contribution is -2.33. The van der Waals surface area contributed by atoms with E-state index < -0.39 is 44.2 Å². The van der Waals surface area contributed by atoms with Gasteiger partial charge in [-0.3, -0.25) is 4.79 Å². The van der Waals surface area contributed by atoms with Gasteiger partial charge in [-0.05, 0) is 0 Å². The van der Waals surface area contributed by atoms with Gasteiger partial charge in [0.2, 0.25) is 5.91 Å². The van der Waals surface area contributed by atoms with Crippen molar-refractivity contribution in [3.63, 3.8) is 0 Å². The van der Waals surface area contributed by atoms with Crippen molar-refractivity contribution in [1.82, 2.24) is 4.90 Å². The van der Waals surface area contributed by atoms with Crippen LogP contribution in [0.1, 0.15) is 6.42 Å². The van der Waals surface area contributed by atoms with Crippen molar-refractivity contribution in [1.29, 1.82) is 0 Å². The molecule has 1 N–H and O–H groups in total. The highest BCUT2D eigenvalue weighted by Gasteiger charge is 2.27. The number of halogens is 3. The lowest BCUT2D eigenvalue weighted by atomic mass is 10.4. The summed E-state index contributed by atoms with van der Waals surface area (Å²) in [6.45, 7) is -1.67. The first-order valence-corrected chi connectivity index (χ1v) is 4.32. The topological polar surface area (TPSA) is 66.8 Å². The zero-order chi connectivity index (χ0) is 12.8. The number of likely N-dealkylation sites (N-methyl/N-ethyl adjacent to an activating group) is 1. The molecule has 0 rings (SSSR count). The van der Waals surface area contributed by atoms with Crippen molar-refractivity contribution >= 4 is 11.9 Å². The minimum Gasteiger partial charge on any atom is -0.480 e. The predicted octanol–water partition coefficient (Wildman–Crippen LogP) is 0.498. The van der Waals surface area contributed by atoms with Crippen molar-refractivity contribution in [2.24, 2.45) is 0 Å². The molecule has 0 aromatic heterocycles. The summed E-state index contributed by atoms with van der Waals surface area (Å²) in [7, 11) is 1.19. The summed E-state index contributed by atoms with van der Waals surface area (Å²) in [6, 6.07) is 0. The van der Waals surface area contributed by atoms with E-state index in [4.69, 9.17) is 5.11 Å². The van der Waals surface area contributed by atoms with Crippen LogP contribution in [0, 0.1) is 0 Å². The lowest BCUT2D eigenvalue weighted by Gasteiger charge is -2.17. The number of hydrogen-bond acceptors (Lipinski definition) is 3. The third kappa shape index (κ3) is 8.04. The molecular weight excluding hydrogens is 231 g/mol. The van der Waals surface area contributed by atoms with Crippen molar-refractivity contribution in [3.05, 3.63) is 0 Å². The molecule has 0 aromatic carbocycles. The summed E-state index contributed by atoms with van der Waals surface area (Å²) in [6.07, 6.45) is -5.43. The highest BCUT2D eigenvalue weighted by atomic mass is 19.4. The normalized spacial score (nSPS) is 11.2. The van der Waals surface area contributed by atoms with Gasteiger partial charge in [-0.2, -0.15) is 13.2 Å². The molecule has 8 heteroatoms. The minimum absolute atomic E-state index is 0.473. The van der Waals surface area contributed by atoms with Gasteiger partial charge in [0.05, 0.1) is 6.42 Å². The van der Waals surface area contributed by atoms with Crippen LogP contribution in [0.15, 0.2) is 0 Å². The van der Waals surface area contributed by atoms with Gasteiger partial charge < -0.3 is 14.7 Å². The molecule has 0 spiro atoms. The van der Waals surface area contributed by atoms with Gasteiger partial charge in [-0.25, -0.2) is 4.79 Å². The van der Waals surface area contributed by atoms with Crippen LogP contribution in [0.3, 0.4) is 0 Å². The Labute approximate surface area is 89.8 Å². The van der Waals surface area contributed by atoms with Gasteiger partial charge >= 0.3 is 12.1 Å². The first-order valence-electron chi connectivity index (χ1n) is 4.32. The van der Waals surface area contributed by atoms with E-state index in [1.165, 1.54) is 7.05 Å². The standard InChI is InChI=1S/C8H12F3NO4/c1-12(3-2-8(9,10)11)6(13)4-16-5-7(14)15/h2-5H2,1H3,(H,14,15). The first-order chi connectivity index (χ1) is 7.22. The van der Waals surface area contributed by atoms with Gasteiger partial charge in [-0.1, -0.05) is 0 Å². The second kappa shape index (κ2) is 6.31. The maximum absolute atomic E-state index is 11.8. The Morgan fingerprint density at radius 3 is 2.31 bits per heavy atom. The second-order valence-corrected chi connectivity index (χ2v) is 3.07. The minimum atomic E-state index is -4.32. The van der Waals surface area contributed by atoms with Crippen molar-refractivity contribution in [2.75, 3.05) is 26.8 Å². The summed E-state index contributed by atoms with van der Waals surface area (Å²) < 4.78 is 39.8.